The summed E-state index contributed by atoms with van der Waals surface area (Å²) in [4.78, 5) is 0. The van der Waals surface area contributed by atoms with Crippen LogP contribution in [0.5, 0.6) is 0 Å². The van der Waals surface area contributed by atoms with Gasteiger partial charge in [0.05, 0.1) is 19.8 Å². The van der Waals surface area contributed by atoms with Gasteiger partial charge in [0.25, 0.3) is 0 Å². The van der Waals surface area contributed by atoms with Crippen molar-refractivity contribution in [3.8, 4) is 0 Å². The minimum absolute atomic E-state index is 0.126. The van der Waals surface area contributed by atoms with Crippen molar-refractivity contribution in [3.05, 3.63) is 0 Å². The van der Waals surface area contributed by atoms with Gasteiger partial charge in [-0.15, -0.1) is 0 Å². The van der Waals surface area contributed by atoms with Crippen molar-refractivity contribution in [1.29, 1.82) is 0 Å². The van der Waals surface area contributed by atoms with Crippen molar-refractivity contribution in [2.45, 2.75) is 110 Å². The predicted molar refractivity (Wildman–Crippen MR) is 113 cm³/mol. The van der Waals surface area contributed by atoms with Crippen molar-refractivity contribution >= 4 is 0 Å². The predicted octanol–water partition coefficient (Wildman–Crippen LogP) is 6.52. The normalized spacial score (nSPS) is 12.6. The molecule has 1 atom stereocenters. The van der Waals surface area contributed by atoms with E-state index in [1.54, 1.807) is 7.11 Å². The largest absolute Gasteiger partial charge is 0.396 e. The highest BCUT2D eigenvalue weighted by Crippen LogP contribution is 2.13. The van der Waals surface area contributed by atoms with E-state index in [9.17, 15) is 0 Å². The van der Waals surface area contributed by atoms with Gasteiger partial charge >= 0.3 is 0 Å². The van der Waals surface area contributed by atoms with Crippen LogP contribution in [0.25, 0.3) is 0 Å². The van der Waals surface area contributed by atoms with Crippen molar-refractivity contribution in [2.24, 2.45) is 5.92 Å². The lowest BCUT2D eigenvalue weighted by Crippen LogP contribution is -2.19. The minimum atomic E-state index is 0.126. The molecule has 0 bridgehead atoms. The molecule has 1 unspecified atom stereocenters. The highest BCUT2D eigenvalue weighted by molar-refractivity contribution is 4.54. The third-order valence-corrected chi connectivity index (χ3v) is 5.16. The van der Waals surface area contributed by atoms with Gasteiger partial charge < -0.3 is 14.6 Å². The Morgan fingerprint density at radius 3 is 1.42 bits per heavy atom. The van der Waals surface area contributed by atoms with Gasteiger partial charge in [0.1, 0.15) is 0 Å². The maximum absolute atomic E-state index is 9.14. The van der Waals surface area contributed by atoms with E-state index in [-0.39, 0.29) is 12.5 Å². The van der Waals surface area contributed by atoms with E-state index in [0.29, 0.717) is 13.2 Å². The molecule has 0 spiro atoms. The van der Waals surface area contributed by atoms with E-state index in [1.165, 1.54) is 96.3 Å². The average Bonchev–Trinajstić information content (AvgIpc) is 2.66. The Balaban J connectivity index is 3.07. The Morgan fingerprint density at radius 1 is 0.615 bits per heavy atom. The third-order valence-electron chi connectivity index (χ3n) is 5.16. The highest BCUT2D eigenvalue weighted by Gasteiger charge is 2.06. The minimum Gasteiger partial charge on any atom is -0.396 e. The summed E-state index contributed by atoms with van der Waals surface area (Å²) in [5.74, 6) is 0.126. The monoisotopic (exact) mass is 372 g/mol. The number of aliphatic hydroxyl groups is 1. The molecule has 0 saturated heterocycles. The zero-order chi connectivity index (χ0) is 19.1. The summed E-state index contributed by atoms with van der Waals surface area (Å²) in [6, 6.07) is 0. The maximum atomic E-state index is 9.14. The van der Waals surface area contributed by atoms with Crippen LogP contribution in [0.15, 0.2) is 0 Å². The molecule has 0 saturated carbocycles. The van der Waals surface area contributed by atoms with Crippen molar-refractivity contribution < 1.29 is 14.6 Å². The number of rotatable bonds is 22. The molecule has 0 aliphatic heterocycles. The number of aliphatic hydroxyl groups excluding tert-OH is 1. The average molecular weight is 373 g/mol. The molecular formula is C23H48O3. The molecule has 3 nitrogen and oxygen atoms in total. The zero-order valence-electron chi connectivity index (χ0n) is 18.0. The molecule has 0 aliphatic rings. The SMILES string of the molecule is CCCCCCCCCCCCCCCCCCOCC(CO)COC. The summed E-state index contributed by atoms with van der Waals surface area (Å²) in [6.45, 7) is 4.44. The van der Waals surface area contributed by atoms with E-state index in [0.717, 1.165) is 13.0 Å². The van der Waals surface area contributed by atoms with Crippen LogP contribution in [-0.4, -0.2) is 38.6 Å². The van der Waals surface area contributed by atoms with Crippen LogP contribution in [-0.2, 0) is 9.47 Å². The van der Waals surface area contributed by atoms with E-state index < -0.39 is 0 Å². The molecule has 3 heteroatoms. The van der Waals surface area contributed by atoms with Gasteiger partial charge in [0.2, 0.25) is 0 Å². The van der Waals surface area contributed by atoms with Crippen molar-refractivity contribution in [3.63, 3.8) is 0 Å². The zero-order valence-corrected chi connectivity index (χ0v) is 18.0. The van der Waals surface area contributed by atoms with E-state index >= 15 is 0 Å². The van der Waals surface area contributed by atoms with Gasteiger partial charge in [0, 0.05) is 19.6 Å². The molecule has 1 N–H and O–H groups in total. The number of hydrogen-bond donors (Lipinski definition) is 1. The first-order chi connectivity index (χ1) is 12.8. The van der Waals surface area contributed by atoms with Crippen LogP contribution in [0.1, 0.15) is 110 Å². The number of unbranched alkanes of at least 4 members (excludes halogenated alkanes) is 15. The van der Waals surface area contributed by atoms with Crippen LogP contribution >= 0.6 is 0 Å². The summed E-state index contributed by atoms with van der Waals surface area (Å²) in [5, 5.41) is 9.14. The van der Waals surface area contributed by atoms with Gasteiger partial charge in [-0.2, -0.15) is 0 Å². The van der Waals surface area contributed by atoms with Gasteiger partial charge in [-0.1, -0.05) is 103 Å². The molecule has 0 aromatic rings. The highest BCUT2D eigenvalue weighted by atomic mass is 16.5. The molecular weight excluding hydrogens is 324 g/mol. The van der Waals surface area contributed by atoms with Gasteiger partial charge in [0.15, 0.2) is 0 Å². The maximum Gasteiger partial charge on any atom is 0.0538 e. The second kappa shape index (κ2) is 22.9. The summed E-state index contributed by atoms with van der Waals surface area (Å²) < 4.78 is 10.7. The summed E-state index contributed by atoms with van der Waals surface area (Å²) in [5.41, 5.74) is 0. The summed E-state index contributed by atoms with van der Waals surface area (Å²) >= 11 is 0. The van der Waals surface area contributed by atoms with Crippen molar-refractivity contribution in [2.75, 3.05) is 33.5 Å². The third kappa shape index (κ3) is 20.2. The Bertz CT molecular complexity index is 246. The smallest absolute Gasteiger partial charge is 0.0538 e. The first-order valence-electron chi connectivity index (χ1n) is 11.5. The van der Waals surface area contributed by atoms with E-state index in [2.05, 4.69) is 6.92 Å². The lowest BCUT2D eigenvalue weighted by atomic mass is 10.0. The lowest BCUT2D eigenvalue weighted by molar-refractivity contribution is 0.0301. The summed E-state index contributed by atoms with van der Waals surface area (Å²) in [7, 11) is 1.66. The molecule has 158 valence electrons. The molecule has 0 radical (unpaired) electrons. The Kier molecular flexibility index (Phi) is 22.8. The molecule has 0 aromatic carbocycles. The van der Waals surface area contributed by atoms with E-state index in [1.807, 2.05) is 0 Å². The Labute approximate surface area is 164 Å². The first-order valence-corrected chi connectivity index (χ1v) is 11.5. The fourth-order valence-corrected chi connectivity index (χ4v) is 3.39. The fraction of sp³-hybridized carbons (Fsp3) is 1.00. The molecule has 0 amide bonds. The molecule has 0 aliphatic carbocycles. The van der Waals surface area contributed by atoms with Crippen LogP contribution in [0.2, 0.25) is 0 Å². The Morgan fingerprint density at radius 2 is 1.04 bits per heavy atom. The van der Waals surface area contributed by atoms with Gasteiger partial charge in [-0.25, -0.2) is 0 Å². The molecule has 26 heavy (non-hydrogen) atoms. The van der Waals surface area contributed by atoms with Crippen molar-refractivity contribution in [1.82, 2.24) is 0 Å². The molecule has 0 fully saturated rings. The molecule has 0 heterocycles. The lowest BCUT2D eigenvalue weighted by Gasteiger charge is -2.13. The first kappa shape index (κ1) is 25.9. The van der Waals surface area contributed by atoms with E-state index in [4.69, 9.17) is 14.6 Å². The topological polar surface area (TPSA) is 38.7 Å². The Hall–Kier alpha value is -0.120. The van der Waals surface area contributed by atoms with Crippen LogP contribution in [0.4, 0.5) is 0 Å². The number of ether oxygens (including phenoxy) is 2. The molecule has 0 rings (SSSR count). The van der Waals surface area contributed by atoms with Crippen LogP contribution in [0, 0.1) is 5.92 Å². The second-order valence-corrected chi connectivity index (χ2v) is 7.88. The number of methoxy groups -OCH3 is 1. The number of hydrogen-bond acceptors (Lipinski definition) is 3. The van der Waals surface area contributed by atoms with Crippen LogP contribution in [0.3, 0.4) is 0 Å². The summed E-state index contributed by atoms with van der Waals surface area (Å²) in [6.07, 6.45) is 22.3. The molecule has 0 aromatic heterocycles. The van der Waals surface area contributed by atoms with Gasteiger partial charge in [-0.05, 0) is 6.42 Å². The second-order valence-electron chi connectivity index (χ2n) is 7.88. The quantitative estimate of drug-likeness (QED) is 0.220. The van der Waals surface area contributed by atoms with Crippen LogP contribution < -0.4 is 0 Å². The fourth-order valence-electron chi connectivity index (χ4n) is 3.39. The van der Waals surface area contributed by atoms with Gasteiger partial charge in [-0.3, -0.25) is 0 Å². The standard InChI is InChI=1S/C23H48O3/c1-3-4-5-6-7-8-9-10-11-12-13-14-15-16-17-18-19-26-22-23(20-24)21-25-2/h23-24H,3-22H2,1-2H3.